The number of aryl methyl sites for hydroxylation is 1. The molecule has 0 unspecified atom stereocenters. The Kier molecular flexibility index (Phi) is 5.56. The zero-order chi connectivity index (χ0) is 10.9. The van der Waals surface area contributed by atoms with Crippen molar-refractivity contribution in [1.29, 1.82) is 0 Å². The first-order chi connectivity index (χ1) is 6.32. The number of aromatic carboxylic acids is 1. The zero-order valence-corrected chi connectivity index (χ0v) is 11.4. The van der Waals surface area contributed by atoms with E-state index in [0.717, 1.165) is 18.2 Å². The van der Waals surface area contributed by atoms with Gasteiger partial charge in [0, 0.05) is 0 Å². The maximum Gasteiger partial charge on any atom is 1.00 e. The van der Waals surface area contributed by atoms with E-state index in [-0.39, 0.29) is 62.5 Å². The molecule has 1 aromatic carbocycles. The summed E-state index contributed by atoms with van der Waals surface area (Å²) in [6.07, 6.45) is 0. The van der Waals surface area contributed by atoms with Crippen LogP contribution in [0, 0.1) is 6.92 Å². The van der Waals surface area contributed by atoms with Crippen LogP contribution < -0.4 is 56.8 Å². The molecule has 0 saturated heterocycles. The Morgan fingerprint density at radius 2 is 1.87 bits per heavy atom. The van der Waals surface area contributed by atoms with Crippen LogP contribution in [0.5, 0.6) is 0 Å². The SMILES string of the molecule is Cc1cc([B-](F)(F)F)ccc1C(=O)O.[K+]. The fourth-order valence-corrected chi connectivity index (χ4v) is 1.13. The molecule has 0 saturated carbocycles. The van der Waals surface area contributed by atoms with Gasteiger partial charge in [0.25, 0.3) is 0 Å². The second kappa shape index (κ2) is 5.49. The maximum atomic E-state index is 12.2. The minimum absolute atomic E-state index is 0. The minimum Gasteiger partial charge on any atom is -0.478 e. The van der Waals surface area contributed by atoms with Gasteiger partial charge in [-0.25, -0.2) is 4.79 Å². The van der Waals surface area contributed by atoms with Crippen LogP contribution in [0.1, 0.15) is 15.9 Å². The summed E-state index contributed by atoms with van der Waals surface area (Å²) in [5.74, 6) is -1.22. The van der Waals surface area contributed by atoms with Gasteiger partial charge in [0.15, 0.2) is 0 Å². The summed E-state index contributed by atoms with van der Waals surface area (Å²) in [7, 11) is 0. The number of carboxylic acids is 1. The Morgan fingerprint density at radius 1 is 1.33 bits per heavy atom. The molecule has 15 heavy (non-hydrogen) atoms. The molecule has 0 heterocycles. The second-order valence-corrected chi connectivity index (χ2v) is 2.95. The van der Waals surface area contributed by atoms with Crippen LogP contribution in [0.3, 0.4) is 0 Å². The number of hydrogen-bond donors (Lipinski definition) is 1. The topological polar surface area (TPSA) is 37.3 Å². The van der Waals surface area contributed by atoms with E-state index < -0.39 is 18.4 Å². The predicted molar refractivity (Wildman–Crippen MR) is 46.9 cm³/mol. The summed E-state index contributed by atoms with van der Waals surface area (Å²) in [5.41, 5.74) is -0.754. The van der Waals surface area contributed by atoms with Gasteiger partial charge in [-0.2, -0.15) is 0 Å². The van der Waals surface area contributed by atoms with Gasteiger partial charge in [-0.1, -0.05) is 18.2 Å². The van der Waals surface area contributed by atoms with Crippen molar-refractivity contribution in [2.45, 2.75) is 6.92 Å². The molecule has 0 aromatic heterocycles. The summed E-state index contributed by atoms with van der Waals surface area (Å²) in [4.78, 5) is 10.5. The van der Waals surface area contributed by atoms with Crippen molar-refractivity contribution >= 4 is 18.4 Å². The van der Waals surface area contributed by atoms with Crippen molar-refractivity contribution in [2.75, 3.05) is 0 Å². The molecule has 0 fully saturated rings. The summed E-state index contributed by atoms with van der Waals surface area (Å²) in [6, 6.07) is 2.61. The number of rotatable bonds is 2. The molecule has 1 N–H and O–H groups in total. The third-order valence-corrected chi connectivity index (χ3v) is 1.86. The van der Waals surface area contributed by atoms with E-state index in [1.54, 1.807) is 0 Å². The molecule has 0 radical (unpaired) electrons. The average molecular weight is 242 g/mol. The van der Waals surface area contributed by atoms with Crippen LogP contribution in [0.25, 0.3) is 0 Å². The molecule has 76 valence electrons. The predicted octanol–water partition coefficient (Wildman–Crippen LogP) is -1.25. The molecule has 0 atom stereocenters. The first-order valence-corrected chi connectivity index (χ1v) is 3.86. The summed E-state index contributed by atoms with van der Waals surface area (Å²) < 4.78 is 36.6. The normalized spacial score (nSPS) is 10.7. The van der Waals surface area contributed by atoms with Crippen molar-refractivity contribution in [3.8, 4) is 0 Å². The van der Waals surface area contributed by atoms with E-state index in [9.17, 15) is 17.7 Å². The smallest absolute Gasteiger partial charge is 0.478 e. The molecule has 0 aliphatic carbocycles. The summed E-state index contributed by atoms with van der Waals surface area (Å²) >= 11 is 0. The van der Waals surface area contributed by atoms with E-state index in [2.05, 4.69) is 0 Å². The maximum absolute atomic E-state index is 12.2. The van der Waals surface area contributed by atoms with Crippen LogP contribution in [0.4, 0.5) is 12.9 Å². The molecule has 0 spiro atoms. The van der Waals surface area contributed by atoms with Gasteiger partial charge in [-0.3, -0.25) is 0 Å². The van der Waals surface area contributed by atoms with Crippen LogP contribution in [0.15, 0.2) is 18.2 Å². The number of carboxylic acid groups (broad SMARTS) is 1. The van der Waals surface area contributed by atoms with E-state index >= 15 is 0 Å². The molecule has 7 heteroatoms. The molecule has 0 bridgehead atoms. The second-order valence-electron chi connectivity index (χ2n) is 2.95. The van der Waals surface area contributed by atoms with Crippen molar-refractivity contribution in [1.82, 2.24) is 0 Å². The molecular weight excluding hydrogens is 235 g/mol. The monoisotopic (exact) mass is 242 g/mol. The summed E-state index contributed by atoms with van der Waals surface area (Å²) in [5, 5.41) is 8.58. The number of carbonyl (C=O) groups is 1. The first kappa shape index (κ1) is 15.2. The van der Waals surface area contributed by atoms with E-state index in [1.165, 1.54) is 6.92 Å². The molecular formula is C8H7BF3KO2. The third-order valence-electron chi connectivity index (χ3n) is 1.86. The molecule has 0 amide bonds. The molecule has 1 aromatic rings. The fraction of sp³-hybridized carbons (Fsp3) is 0.125. The Balaban J connectivity index is 0.00000196. The molecule has 0 aliphatic rings. The van der Waals surface area contributed by atoms with Crippen LogP contribution in [0.2, 0.25) is 0 Å². The van der Waals surface area contributed by atoms with E-state index in [4.69, 9.17) is 5.11 Å². The Morgan fingerprint density at radius 3 is 2.20 bits per heavy atom. The number of benzene rings is 1. The van der Waals surface area contributed by atoms with Gasteiger partial charge in [0.1, 0.15) is 0 Å². The third kappa shape index (κ3) is 3.92. The Bertz CT molecular complexity index is 379. The molecule has 1 rings (SSSR count). The van der Waals surface area contributed by atoms with Crippen molar-refractivity contribution in [3.05, 3.63) is 29.3 Å². The van der Waals surface area contributed by atoms with Gasteiger partial charge in [0.2, 0.25) is 0 Å². The van der Waals surface area contributed by atoms with Crippen molar-refractivity contribution in [3.63, 3.8) is 0 Å². The summed E-state index contributed by atoms with van der Waals surface area (Å²) in [6.45, 7) is -3.71. The molecule has 2 nitrogen and oxygen atoms in total. The van der Waals surface area contributed by atoms with Crippen LogP contribution >= 0.6 is 0 Å². The quantitative estimate of drug-likeness (QED) is 0.658. The van der Waals surface area contributed by atoms with Gasteiger partial charge in [-0.15, -0.1) is 5.46 Å². The van der Waals surface area contributed by atoms with Crippen molar-refractivity contribution < 1.29 is 74.2 Å². The van der Waals surface area contributed by atoms with Gasteiger partial charge < -0.3 is 18.1 Å². The van der Waals surface area contributed by atoms with Crippen LogP contribution in [-0.2, 0) is 0 Å². The largest absolute Gasteiger partial charge is 1.00 e. The number of hydrogen-bond acceptors (Lipinski definition) is 1. The van der Waals surface area contributed by atoms with E-state index in [0.29, 0.717) is 0 Å². The van der Waals surface area contributed by atoms with E-state index in [1.807, 2.05) is 0 Å². The van der Waals surface area contributed by atoms with Gasteiger partial charge in [-0.05, 0) is 12.5 Å². The first-order valence-electron chi connectivity index (χ1n) is 3.86. The minimum atomic E-state index is -5.05. The average Bonchev–Trinajstić information content (AvgIpc) is 2.01. The Hall–Kier alpha value is 0.181. The fourth-order valence-electron chi connectivity index (χ4n) is 1.13. The number of halogens is 3. The van der Waals surface area contributed by atoms with Crippen LogP contribution in [-0.4, -0.2) is 18.1 Å². The van der Waals surface area contributed by atoms with Crippen molar-refractivity contribution in [2.24, 2.45) is 0 Å². The molecule has 0 aliphatic heterocycles. The van der Waals surface area contributed by atoms with Gasteiger partial charge in [0.05, 0.1) is 5.56 Å². The Labute approximate surface area is 127 Å². The zero-order valence-electron chi connectivity index (χ0n) is 8.30. The standard InChI is InChI=1S/C8H7BF3O2.K/c1-5-4-6(9(10,11)12)2-3-7(5)8(13)14;/h2-4H,1H3,(H,13,14);/q-1;+1. The van der Waals surface area contributed by atoms with Gasteiger partial charge >= 0.3 is 64.3 Å².